The first kappa shape index (κ1) is 14.7. The Morgan fingerprint density at radius 1 is 1.05 bits per heavy atom. The Labute approximate surface area is 136 Å². The number of hydrogen-bond acceptors (Lipinski definition) is 2. The van der Waals surface area contributed by atoms with E-state index >= 15 is 0 Å². The molecular formula is C18H12FN2Se. The molecule has 1 radical (unpaired) electrons. The number of halogens is 1. The summed E-state index contributed by atoms with van der Waals surface area (Å²) in [6.45, 7) is 0. The van der Waals surface area contributed by atoms with Crippen molar-refractivity contribution in [1.29, 1.82) is 5.41 Å². The summed E-state index contributed by atoms with van der Waals surface area (Å²) in [6.07, 6.45) is 1.99. The first-order valence-electron chi connectivity index (χ1n) is 6.77. The van der Waals surface area contributed by atoms with Crippen LogP contribution in [0.1, 0.15) is 17.0 Å². The summed E-state index contributed by atoms with van der Waals surface area (Å²) < 4.78 is 13.8. The molecule has 1 N–H and O–H groups in total. The number of nitrogens with zero attached hydrogens (tertiary/aromatic N) is 1. The molecule has 0 saturated heterocycles. The molecule has 1 atom stereocenters. The fraction of sp³-hybridized carbons (Fsp3) is 0.0556. The zero-order chi connectivity index (χ0) is 15.5. The summed E-state index contributed by atoms with van der Waals surface area (Å²) in [6, 6.07) is 16.2. The first-order chi connectivity index (χ1) is 10.7. The molecule has 0 bridgehead atoms. The summed E-state index contributed by atoms with van der Waals surface area (Å²) in [5.41, 5.74) is 3.41. The van der Waals surface area contributed by atoms with Gasteiger partial charge in [0.25, 0.3) is 0 Å². The fourth-order valence-electron chi connectivity index (χ4n) is 2.42. The number of hydrogen-bond donors (Lipinski definition) is 1. The molecule has 0 aliphatic carbocycles. The molecule has 0 fully saturated rings. The van der Waals surface area contributed by atoms with Crippen LogP contribution in [-0.4, -0.2) is 26.5 Å². The van der Waals surface area contributed by atoms with E-state index in [-0.39, 0.29) is 11.7 Å². The van der Waals surface area contributed by atoms with Crippen LogP contribution in [0.2, 0.25) is 0 Å². The predicted molar refractivity (Wildman–Crippen MR) is 88.0 cm³/mol. The van der Waals surface area contributed by atoms with Crippen molar-refractivity contribution < 1.29 is 4.39 Å². The molecule has 2 nitrogen and oxygen atoms in total. The Balaban J connectivity index is 2.10. The molecule has 22 heavy (non-hydrogen) atoms. The topological polar surface area (TPSA) is 36.2 Å². The second kappa shape index (κ2) is 6.25. The van der Waals surface area contributed by atoms with Gasteiger partial charge in [-0.1, -0.05) is 0 Å². The van der Waals surface area contributed by atoms with Crippen LogP contribution < -0.4 is 0 Å². The van der Waals surface area contributed by atoms with Crippen LogP contribution in [0.4, 0.5) is 4.39 Å². The maximum absolute atomic E-state index is 13.1. The van der Waals surface area contributed by atoms with Crippen LogP contribution in [-0.2, 0) is 0 Å². The van der Waals surface area contributed by atoms with E-state index in [0.29, 0.717) is 10.2 Å². The number of aliphatic imine (C=N–C) groups is 1. The van der Waals surface area contributed by atoms with E-state index < -0.39 is 0 Å². The Hall–Kier alpha value is -2.25. The van der Waals surface area contributed by atoms with Crippen LogP contribution in [0, 0.1) is 11.2 Å². The van der Waals surface area contributed by atoms with E-state index in [2.05, 4.69) is 26.9 Å². The van der Waals surface area contributed by atoms with Gasteiger partial charge in [0.05, 0.1) is 0 Å². The molecule has 4 heteroatoms. The molecule has 2 aromatic carbocycles. The van der Waals surface area contributed by atoms with E-state index in [0.717, 1.165) is 16.8 Å². The van der Waals surface area contributed by atoms with Crippen molar-refractivity contribution in [3.05, 3.63) is 83.2 Å². The van der Waals surface area contributed by atoms with Gasteiger partial charge in [0.1, 0.15) is 0 Å². The molecule has 107 valence electrons. The molecule has 0 spiro atoms. The predicted octanol–water partition coefficient (Wildman–Crippen LogP) is 3.71. The standard InChI is InChI=1S/C18H12FN2Se/c19-14-8-6-12(7-9-14)15-10-17(13-4-2-1-3-5-13)21-18(22)16(15)11-20/h1-10,15,20H. The SMILES string of the molecule is N=C=C1C([Se])=NC(c2ccccc2)=CC1c1ccc(F)cc1. The van der Waals surface area contributed by atoms with Gasteiger partial charge in [0, 0.05) is 0 Å². The Kier molecular flexibility index (Phi) is 4.17. The van der Waals surface area contributed by atoms with Crippen LogP contribution in [0.25, 0.3) is 5.70 Å². The van der Waals surface area contributed by atoms with Crippen LogP contribution in [0.5, 0.6) is 0 Å². The van der Waals surface area contributed by atoms with Crippen LogP contribution in [0.3, 0.4) is 0 Å². The van der Waals surface area contributed by atoms with Crippen molar-refractivity contribution in [1.82, 2.24) is 0 Å². The van der Waals surface area contributed by atoms with Crippen molar-refractivity contribution in [2.24, 2.45) is 4.99 Å². The Morgan fingerprint density at radius 3 is 2.36 bits per heavy atom. The Bertz CT molecular complexity index is 801. The molecule has 2 aromatic rings. The number of rotatable bonds is 2. The third kappa shape index (κ3) is 2.86. The third-order valence-electron chi connectivity index (χ3n) is 3.52. The van der Waals surface area contributed by atoms with Gasteiger partial charge in [-0.15, -0.1) is 0 Å². The molecule has 3 rings (SSSR count). The van der Waals surface area contributed by atoms with Crippen molar-refractivity contribution in [2.75, 3.05) is 0 Å². The van der Waals surface area contributed by atoms with E-state index in [1.54, 1.807) is 12.1 Å². The van der Waals surface area contributed by atoms with E-state index in [4.69, 9.17) is 5.41 Å². The molecular weight excluding hydrogens is 342 g/mol. The van der Waals surface area contributed by atoms with Gasteiger partial charge in [-0.25, -0.2) is 0 Å². The summed E-state index contributed by atoms with van der Waals surface area (Å²) in [7, 11) is 0. The van der Waals surface area contributed by atoms with Crippen molar-refractivity contribution in [2.45, 2.75) is 5.92 Å². The third-order valence-corrected chi connectivity index (χ3v) is 4.17. The van der Waals surface area contributed by atoms with Gasteiger partial charge < -0.3 is 0 Å². The van der Waals surface area contributed by atoms with E-state index in [1.165, 1.54) is 12.1 Å². The molecule has 1 aliphatic rings. The van der Waals surface area contributed by atoms with E-state index in [9.17, 15) is 4.39 Å². The maximum atomic E-state index is 13.1. The van der Waals surface area contributed by atoms with E-state index in [1.807, 2.05) is 36.4 Å². The van der Waals surface area contributed by atoms with Crippen LogP contribution >= 0.6 is 0 Å². The quantitative estimate of drug-likeness (QED) is 0.631. The second-order valence-electron chi connectivity index (χ2n) is 4.90. The van der Waals surface area contributed by atoms with Gasteiger partial charge in [-0.05, 0) is 0 Å². The molecule has 0 aromatic heterocycles. The number of benzene rings is 2. The minimum absolute atomic E-state index is 0.165. The van der Waals surface area contributed by atoms with Crippen LogP contribution in [0.15, 0.2) is 71.2 Å². The van der Waals surface area contributed by atoms with Gasteiger partial charge in [0.2, 0.25) is 0 Å². The normalized spacial score (nSPS) is 17.5. The number of allylic oxidation sites excluding steroid dienone is 2. The van der Waals surface area contributed by atoms with Crippen molar-refractivity contribution in [3.8, 4) is 0 Å². The van der Waals surface area contributed by atoms with Crippen molar-refractivity contribution >= 4 is 32.2 Å². The molecule has 1 aliphatic heterocycles. The van der Waals surface area contributed by atoms with Crippen molar-refractivity contribution in [3.63, 3.8) is 0 Å². The molecule has 1 unspecified atom stereocenters. The molecule has 1 heterocycles. The average molecular weight is 354 g/mol. The first-order valence-corrected chi connectivity index (χ1v) is 7.63. The average Bonchev–Trinajstić information content (AvgIpc) is 2.55. The van der Waals surface area contributed by atoms with Gasteiger partial charge in [0.15, 0.2) is 0 Å². The van der Waals surface area contributed by atoms with Gasteiger partial charge >= 0.3 is 136 Å². The zero-order valence-electron chi connectivity index (χ0n) is 11.6. The molecule has 0 amide bonds. The summed E-state index contributed by atoms with van der Waals surface area (Å²) in [5, 5.41) is 7.53. The zero-order valence-corrected chi connectivity index (χ0v) is 13.3. The number of nitrogens with one attached hydrogen (secondary N) is 1. The Morgan fingerprint density at radius 2 is 1.73 bits per heavy atom. The summed E-state index contributed by atoms with van der Waals surface area (Å²) >= 11 is 2.91. The van der Waals surface area contributed by atoms with Gasteiger partial charge in [-0.3, -0.25) is 0 Å². The summed E-state index contributed by atoms with van der Waals surface area (Å²) in [4.78, 5) is 4.53. The minimum atomic E-state index is -0.274. The fourth-order valence-corrected chi connectivity index (χ4v) is 2.99. The summed E-state index contributed by atoms with van der Waals surface area (Å²) in [5.74, 6) is 2.02. The molecule has 0 saturated carbocycles. The second-order valence-corrected chi connectivity index (χ2v) is 5.71. The van der Waals surface area contributed by atoms with Gasteiger partial charge in [-0.2, -0.15) is 0 Å². The monoisotopic (exact) mass is 355 g/mol.